The quantitative estimate of drug-likeness (QED) is 0.721. The Morgan fingerprint density at radius 1 is 0.955 bits per heavy atom. The molecule has 0 saturated heterocycles. The first-order valence-corrected chi connectivity index (χ1v) is 9.30. The van der Waals surface area contributed by atoms with Gasteiger partial charge in [0.1, 0.15) is 0 Å². The fourth-order valence-electron chi connectivity index (χ4n) is 7.43. The van der Waals surface area contributed by atoms with Gasteiger partial charge in [-0.25, -0.2) is 0 Å². The standard InChI is InChI=1S/C20H32O2/c1-17-9-5-15-19(3)8-4-7-18(2,13-21)14(19)6-10-20(15,12-11-17)16(17)22/h11-12,14-16,21-22H,4-10,13H2,1-3H3/t14-,15+,16?,17-,18-,19-,20-/m1/s1. The van der Waals surface area contributed by atoms with Crippen LogP contribution in [0.3, 0.4) is 0 Å². The summed E-state index contributed by atoms with van der Waals surface area (Å²) >= 11 is 0. The second-order valence-corrected chi connectivity index (χ2v) is 9.71. The van der Waals surface area contributed by atoms with E-state index in [4.69, 9.17) is 0 Å². The van der Waals surface area contributed by atoms with E-state index in [0.29, 0.717) is 18.4 Å². The summed E-state index contributed by atoms with van der Waals surface area (Å²) in [5, 5.41) is 21.2. The highest BCUT2D eigenvalue weighted by Crippen LogP contribution is 2.71. The van der Waals surface area contributed by atoms with E-state index < -0.39 is 0 Å². The van der Waals surface area contributed by atoms with Gasteiger partial charge in [-0.1, -0.05) is 39.3 Å². The molecule has 0 aromatic carbocycles. The van der Waals surface area contributed by atoms with Crippen molar-refractivity contribution in [3.8, 4) is 0 Å². The molecular formula is C20H32O2. The van der Waals surface area contributed by atoms with Gasteiger partial charge in [0, 0.05) is 17.4 Å². The first kappa shape index (κ1) is 15.2. The lowest BCUT2D eigenvalue weighted by molar-refractivity contribution is -0.192. The van der Waals surface area contributed by atoms with Crippen LogP contribution in [0.15, 0.2) is 12.2 Å². The minimum Gasteiger partial charge on any atom is -0.396 e. The zero-order valence-electron chi connectivity index (χ0n) is 14.4. The number of hydrogen-bond acceptors (Lipinski definition) is 2. The maximum absolute atomic E-state index is 11.1. The van der Waals surface area contributed by atoms with Crippen molar-refractivity contribution in [1.29, 1.82) is 0 Å². The molecule has 2 N–H and O–H groups in total. The molecule has 0 aliphatic heterocycles. The van der Waals surface area contributed by atoms with E-state index in [1.807, 2.05) is 0 Å². The van der Waals surface area contributed by atoms with Crippen LogP contribution in [0, 0.1) is 33.5 Å². The summed E-state index contributed by atoms with van der Waals surface area (Å²) in [6, 6.07) is 0. The SMILES string of the molecule is C[C@]1(CO)CCC[C@]2(C)[C@@H]1CC[C@@]13C=C[C@@](C)(CC[C@@H]21)C3O. The zero-order valence-corrected chi connectivity index (χ0v) is 14.4. The largest absolute Gasteiger partial charge is 0.396 e. The number of hydrogen-bond donors (Lipinski definition) is 2. The van der Waals surface area contributed by atoms with Crippen LogP contribution in [0.4, 0.5) is 0 Å². The summed E-state index contributed by atoms with van der Waals surface area (Å²) < 4.78 is 0. The first-order chi connectivity index (χ1) is 10.3. The normalized spacial score (nSPS) is 60.0. The lowest BCUT2D eigenvalue weighted by Crippen LogP contribution is -2.61. The molecule has 124 valence electrons. The fourth-order valence-corrected chi connectivity index (χ4v) is 7.43. The van der Waals surface area contributed by atoms with Gasteiger partial charge in [-0.2, -0.15) is 0 Å². The van der Waals surface area contributed by atoms with Gasteiger partial charge in [-0.3, -0.25) is 0 Å². The summed E-state index contributed by atoms with van der Waals surface area (Å²) in [7, 11) is 0. The number of aliphatic hydroxyl groups excluding tert-OH is 2. The van der Waals surface area contributed by atoms with E-state index in [0.717, 1.165) is 12.8 Å². The predicted molar refractivity (Wildman–Crippen MR) is 88.3 cm³/mol. The van der Waals surface area contributed by atoms with Crippen LogP contribution in [-0.2, 0) is 0 Å². The van der Waals surface area contributed by atoms with Gasteiger partial charge in [0.2, 0.25) is 0 Å². The summed E-state index contributed by atoms with van der Waals surface area (Å²) in [6.45, 7) is 7.36. The number of fused-ring (bicyclic) bond motifs is 3. The van der Waals surface area contributed by atoms with Crippen molar-refractivity contribution in [2.45, 2.75) is 71.8 Å². The molecule has 0 heterocycles. The van der Waals surface area contributed by atoms with E-state index in [2.05, 4.69) is 32.9 Å². The van der Waals surface area contributed by atoms with Crippen molar-refractivity contribution in [3.05, 3.63) is 12.2 Å². The fraction of sp³-hybridized carbons (Fsp3) is 0.900. The monoisotopic (exact) mass is 304 g/mol. The molecule has 4 aliphatic carbocycles. The van der Waals surface area contributed by atoms with Crippen LogP contribution in [0.1, 0.15) is 65.7 Å². The third-order valence-electron chi connectivity index (χ3n) is 8.65. The van der Waals surface area contributed by atoms with E-state index in [1.54, 1.807) is 0 Å². The number of aliphatic hydroxyl groups is 2. The van der Waals surface area contributed by atoms with E-state index in [-0.39, 0.29) is 27.8 Å². The molecule has 0 aromatic heterocycles. The molecule has 1 unspecified atom stereocenters. The maximum atomic E-state index is 11.1. The van der Waals surface area contributed by atoms with Gasteiger partial charge in [-0.05, 0) is 61.2 Å². The van der Waals surface area contributed by atoms with Crippen molar-refractivity contribution < 1.29 is 10.2 Å². The Morgan fingerprint density at radius 3 is 2.41 bits per heavy atom. The van der Waals surface area contributed by atoms with Gasteiger partial charge in [-0.15, -0.1) is 0 Å². The Morgan fingerprint density at radius 2 is 1.68 bits per heavy atom. The summed E-state index contributed by atoms with van der Waals surface area (Å²) in [5.74, 6) is 1.20. The highest BCUT2D eigenvalue weighted by molar-refractivity contribution is 5.29. The van der Waals surface area contributed by atoms with E-state index in [9.17, 15) is 10.2 Å². The molecular weight excluding hydrogens is 272 g/mol. The lowest BCUT2D eigenvalue weighted by atomic mass is 9.40. The van der Waals surface area contributed by atoms with Gasteiger partial charge in [0.15, 0.2) is 0 Å². The van der Waals surface area contributed by atoms with Crippen molar-refractivity contribution >= 4 is 0 Å². The predicted octanol–water partition coefficient (Wildman–Crippen LogP) is 3.92. The highest BCUT2D eigenvalue weighted by atomic mass is 16.3. The summed E-state index contributed by atoms with van der Waals surface area (Å²) in [6.07, 6.45) is 12.9. The number of rotatable bonds is 1. The maximum Gasteiger partial charge on any atom is 0.0721 e. The molecule has 3 saturated carbocycles. The molecule has 2 nitrogen and oxygen atoms in total. The van der Waals surface area contributed by atoms with Crippen LogP contribution in [0.5, 0.6) is 0 Å². The van der Waals surface area contributed by atoms with Crippen molar-refractivity contribution in [2.75, 3.05) is 6.61 Å². The molecule has 4 rings (SSSR count). The van der Waals surface area contributed by atoms with Crippen molar-refractivity contribution in [3.63, 3.8) is 0 Å². The lowest BCUT2D eigenvalue weighted by Gasteiger charge is -2.65. The van der Waals surface area contributed by atoms with Crippen LogP contribution < -0.4 is 0 Å². The molecule has 0 radical (unpaired) electrons. The Bertz CT molecular complexity index is 514. The Hall–Kier alpha value is -0.340. The van der Waals surface area contributed by atoms with E-state index in [1.165, 1.54) is 32.1 Å². The topological polar surface area (TPSA) is 40.5 Å². The summed E-state index contributed by atoms with van der Waals surface area (Å²) in [5.41, 5.74) is 0.397. The molecule has 22 heavy (non-hydrogen) atoms. The van der Waals surface area contributed by atoms with Gasteiger partial charge in [0.05, 0.1) is 6.10 Å². The Kier molecular flexibility index (Phi) is 3.03. The third kappa shape index (κ3) is 1.59. The minimum absolute atomic E-state index is 0.00858. The highest BCUT2D eigenvalue weighted by Gasteiger charge is 2.66. The van der Waals surface area contributed by atoms with Gasteiger partial charge >= 0.3 is 0 Å². The van der Waals surface area contributed by atoms with Gasteiger partial charge < -0.3 is 10.2 Å². The molecule has 7 atom stereocenters. The van der Waals surface area contributed by atoms with Crippen molar-refractivity contribution in [2.24, 2.45) is 33.5 Å². The Labute approximate surface area is 135 Å². The minimum atomic E-state index is -0.196. The average Bonchev–Trinajstić information content (AvgIpc) is 2.64. The molecule has 2 bridgehead atoms. The molecule has 4 aliphatic rings. The van der Waals surface area contributed by atoms with Crippen molar-refractivity contribution in [1.82, 2.24) is 0 Å². The van der Waals surface area contributed by atoms with Crippen LogP contribution in [0.2, 0.25) is 0 Å². The average molecular weight is 304 g/mol. The smallest absolute Gasteiger partial charge is 0.0721 e. The molecule has 0 aromatic rings. The third-order valence-corrected chi connectivity index (χ3v) is 8.65. The second kappa shape index (κ2) is 4.39. The second-order valence-electron chi connectivity index (χ2n) is 9.71. The van der Waals surface area contributed by atoms with Crippen LogP contribution in [0.25, 0.3) is 0 Å². The molecule has 2 heteroatoms. The molecule has 3 fully saturated rings. The Balaban J connectivity index is 1.77. The van der Waals surface area contributed by atoms with Crippen LogP contribution >= 0.6 is 0 Å². The zero-order chi connectivity index (χ0) is 15.8. The first-order valence-electron chi connectivity index (χ1n) is 9.30. The molecule has 1 spiro atoms. The molecule has 0 amide bonds. The van der Waals surface area contributed by atoms with Gasteiger partial charge in [0.25, 0.3) is 0 Å². The van der Waals surface area contributed by atoms with Crippen LogP contribution in [-0.4, -0.2) is 22.9 Å². The van der Waals surface area contributed by atoms with E-state index >= 15 is 0 Å². The summed E-state index contributed by atoms with van der Waals surface area (Å²) in [4.78, 5) is 0.